The summed E-state index contributed by atoms with van der Waals surface area (Å²) in [5, 5.41) is 19.5. The van der Waals surface area contributed by atoms with Crippen molar-refractivity contribution in [1.29, 1.82) is 0 Å². The van der Waals surface area contributed by atoms with Crippen molar-refractivity contribution in [3.8, 4) is 0 Å². The first-order valence-electron chi connectivity index (χ1n) is 16.2. The number of aliphatic hydroxyl groups excluding tert-OH is 2. The fourth-order valence-electron chi connectivity index (χ4n) is 10.4. The van der Waals surface area contributed by atoms with Crippen molar-refractivity contribution in [2.24, 2.45) is 51.8 Å². The molecule has 37 heavy (non-hydrogen) atoms. The zero-order chi connectivity index (χ0) is 26.8. The van der Waals surface area contributed by atoms with Crippen LogP contribution in [0.3, 0.4) is 0 Å². The summed E-state index contributed by atoms with van der Waals surface area (Å²) in [6.45, 7) is 17.3. The topological polar surface area (TPSA) is 40.5 Å². The molecule has 3 fully saturated rings. The molecule has 0 saturated heterocycles. The van der Waals surface area contributed by atoms with E-state index in [1.165, 1.54) is 70.6 Å². The van der Waals surface area contributed by atoms with Gasteiger partial charge in [-0.3, -0.25) is 0 Å². The van der Waals surface area contributed by atoms with Crippen molar-refractivity contribution in [3.05, 3.63) is 24.3 Å². The van der Waals surface area contributed by atoms with Crippen molar-refractivity contribution in [2.75, 3.05) is 6.61 Å². The van der Waals surface area contributed by atoms with Gasteiger partial charge in [0.25, 0.3) is 0 Å². The number of allylic oxidation sites excluding steroid dienone is 2. The molecule has 0 aromatic rings. The van der Waals surface area contributed by atoms with Gasteiger partial charge in [0.1, 0.15) is 0 Å². The zero-order valence-electron chi connectivity index (χ0n) is 25.1. The van der Waals surface area contributed by atoms with Crippen LogP contribution in [0.2, 0.25) is 0 Å². The molecule has 4 aliphatic rings. The molecule has 4 aliphatic carbocycles. The molecule has 0 aliphatic heterocycles. The van der Waals surface area contributed by atoms with Crippen molar-refractivity contribution < 1.29 is 10.2 Å². The van der Waals surface area contributed by atoms with Gasteiger partial charge in [0, 0.05) is 6.61 Å². The molecule has 0 aromatic heterocycles. The van der Waals surface area contributed by atoms with E-state index >= 15 is 0 Å². The van der Waals surface area contributed by atoms with E-state index in [0.717, 1.165) is 55.3 Å². The first-order valence-corrected chi connectivity index (χ1v) is 16.2. The molecule has 0 amide bonds. The Morgan fingerprint density at radius 3 is 2.46 bits per heavy atom. The first-order chi connectivity index (χ1) is 17.6. The average molecular weight is 513 g/mol. The number of unbranched alkanes of at least 4 members (excludes halogenated alkanes) is 3. The smallest absolute Gasteiger partial charge is 0.0577 e. The van der Waals surface area contributed by atoms with Gasteiger partial charge in [-0.2, -0.15) is 0 Å². The predicted octanol–water partition coefficient (Wildman–Crippen LogP) is 9.11. The highest BCUT2D eigenvalue weighted by molar-refractivity contribution is 5.25. The maximum atomic E-state index is 10.3. The minimum atomic E-state index is -0.101. The Balaban J connectivity index is 1.41. The second-order valence-electron chi connectivity index (χ2n) is 14.9. The molecule has 0 bridgehead atoms. The Morgan fingerprint density at radius 2 is 1.76 bits per heavy atom. The van der Waals surface area contributed by atoms with E-state index in [0.29, 0.717) is 23.4 Å². The summed E-state index contributed by atoms with van der Waals surface area (Å²) >= 11 is 0. The van der Waals surface area contributed by atoms with E-state index in [1.807, 2.05) is 0 Å². The molecule has 212 valence electrons. The molecule has 0 spiro atoms. The molecule has 0 heterocycles. The van der Waals surface area contributed by atoms with E-state index in [2.05, 4.69) is 53.3 Å². The number of aliphatic hydroxyl groups is 2. The van der Waals surface area contributed by atoms with E-state index in [4.69, 9.17) is 5.11 Å². The Bertz CT molecular complexity index is 799. The molecule has 0 aromatic carbocycles. The summed E-state index contributed by atoms with van der Waals surface area (Å²) in [4.78, 5) is 0. The third-order valence-corrected chi connectivity index (χ3v) is 13.0. The van der Waals surface area contributed by atoms with Crippen LogP contribution in [0.5, 0.6) is 0 Å². The molecule has 0 unspecified atom stereocenters. The third kappa shape index (κ3) is 5.54. The average Bonchev–Trinajstić information content (AvgIpc) is 3.23. The van der Waals surface area contributed by atoms with Crippen LogP contribution in [0.25, 0.3) is 0 Å². The Labute approximate surface area is 229 Å². The number of hydrogen-bond acceptors (Lipinski definition) is 2. The van der Waals surface area contributed by atoms with Gasteiger partial charge in [-0.05, 0) is 129 Å². The standard InChI is InChI=1S/C35H60O2/c1-7-35(25(2)3,19-10-8-9-11-23-36)22-16-26(4)30-14-15-31-29-13-12-27-24-28(37)17-20-33(27,5)32(29)18-21-34(30,31)6/h7,12,25-26,28-32,36-37H,1,8-11,13-24H2,2-6H3/t26-,28+,29+,30-,31+,32+,33+,34-,35+/m1/s1. The number of rotatable bonds is 12. The minimum absolute atomic E-state index is 0.101. The fraction of sp³-hybridized carbons (Fsp3) is 0.886. The largest absolute Gasteiger partial charge is 0.396 e. The van der Waals surface area contributed by atoms with Gasteiger partial charge in [-0.25, -0.2) is 0 Å². The molecule has 2 heteroatoms. The van der Waals surface area contributed by atoms with Crippen LogP contribution in [0.1, 0.15) is 131 Å². The first kappa shape index (κ1) is 29.4. The SMILES string of the molecule is C=C[C@](CCCCCCO)(CC[C@@H](C)[C@H]1CC[C@H]2[C@@H]3CC=C4C[C@@H](O)CC[C@]4(C)[C@H]3CC[C@]12C)C(C)C. The third-order valence-electron chi connectivity index (χ3n) is 13.0. The van der Waals surface area contributed by atoms with Crippen LogP contribution in [-0.2, 0) is 0 Å². The number of hydrogen-bond donors (Lipinski definition) is 2. The van der Waals surface area contributed by atoms with Crippen LogP contribution < -0.4 is 0 Å². The van der Waals surface area contributed by atoms with Gasteiger partial charge >= 0.3 is 0 Å². The second-order valence-corrected chi connectivity index (χ2v) is 14.9. The van der Waals surface area contributed by atoms with Gasteiger partial charge in [-0.1, -0.05) is 71.6 Å². The predicted molar refractivity (Wildman–Crippen MR) is 157 cm³/mol. The molecular formula is C35H60O2. The Hall–Kier alpha value is -0.600. The van der Waals surface area contributed by atoms with E-state index in [1.54, 1.807) is 5.57 Å². The quantitative estimate of drug-likeness (QED) is 0.202. The zero-order valence-corrected chi connectivity index (χ0v) is 25.1. The lowest BCUT2D eigenvalue weighted by molar-refractivity contribution is -0.0578. The molecule has 4 rings (SSSR count). The maximum absolute atomic E-state index is 10.3. The molecule has 3 saturated carbocycles. The van der Waals surface area contributed by atoms with Crippen LogP contribution in [0.15, 0.2) is 24.3 Å². The van der Waals surface area contributed by atoms with Gasteiger partial charge in [-0.15, -0.1) is 6.58 Å². The van der Waals surface area contributed by atoms with E-state index in [-0.39, 0.29) is 11.5 Å². The number of fused-ring (bicyclic) bond motifs is 5. The van der Waals surface area contributed by atoms with Crippen LogP contribution >= 0.6 is 0 Å². The second kappa shape index (κ2) is 11.9. The lowest BCUT2D eigenvalue weighted by Crippen LogP contribution is -2.50. The molecule has 0 radical (unpaired) electrons. The van der Waals surface area contributed by atoms with Crippen LogP contribution in [-0.4, -0.2) is 22.9 Å². The normalized spacial score (nSPS) is 39.8. The van der Waals surface area contributed by atoms with Crippen molar-refractivity contribution in [3.63, 3.8) is 0 Å². The van der Waals surface area contributed by atoms with E-state index < -0.39 is 0 Å². The highest BCUT2D eigenvalue weighted by Crippen LogP contribution is 2.67. The summed E-state index contributed by atoms with van der Waals surface area (Å²) in [5.74, 6) is 4.88. The van der Waals surface area contributed by atoms with Crippen LogP contribution in [0, 0.1) is 51.8 Å². The summed E-state index contributed by atoms with van der Waals surface area (Å²) < 4.78 is 0. The lowest BCUT2D eigenvalue weighted by Gasteiger charge is -2.58. The summed E-state index contributed by atoms with van der Waals surface area (Å²) in [6, 6.07) is 0. The summed E-state index contributed by atoms with van der Waals surface area (Å²) in [6.07, 6.45) is 23.4. The monoisotopic (exact) mass is 512 g/mol. The lowest BCUT2D eigenvalue weighted by atomic mass is 9.47. The molecule has 2 N–H and O–H groups in total. The van der Waals surface area contributed by atoms with Crippen molar-refractivity contribution in [1.82, 2.24) is 0 Å². The molecule has 9 atom stereocenters. The Morgan fingerprint density at radius 1 is 1.00 bits per heavy atom. The van der Waals surface area contributed by atoms with Crippen LogP contribution in [0.4, 0.5) is 0 Å². The van der Waals surface area contributed by atoms with Gasteiger partial charge in [0.2, 0.25) is 0 Å². The van der Waals surface area contributed by atoms with Crippen molar-refractivity contribution in [2.45, 2.75) is 137 Å². The fourth-order valence-corrected chi connectivity index (χ4v) is 10.4. The minimum Gasteiger partial charge on any atom is -0.396 e. The summed E-state index contributed by atoms with van der Waals surface area (Å²) in [7, 11) is 0. The van der Waals surface area contributed by atoms with Crippen molar-refractivity contribution >= 4 is 0 Å². The Kier molecular flexibility index (Phi) is 9.43. The maximum Gasteiger partial charge on any atom is 0.0577 e. The highest BCUT2D eigenvalue weighted by Gasteiger charge is 2.59. The van der Waals surface area contributed by atoms with Gasteiger partial charge in [0.15, 0.2) is 0 Å². The van der Waals surface area contributed by atoms with Gasteiger partial charge in [0.05, 0.1) is 6.10 Å². The molecular weight excluding hydrogens is 452 g/mol. The van der Waals surface area contributed by atoms with E-state index in [9.17, 15) is 5.11 Å². The highest BCUT2D eigenvalue weighted by atomic mass is 16.3. The molecule has 2 nitrogen and oxygen atoms in total. The van der Waals surface area contributed by atoms with Gasteiger partial charge < -0.3 is 10.2 Å². The summed E-state index contributed by atoms with van der Waals surface area (Å²) in [5.41, 5.74) is 2.72.